The number of aryl methyl sites for hydroxylation is 2. The highest BCUT2D eigenvalue weighted by atomic mass is 16.5. The van der Waals surface area contributed by atoms with E-state index in [-0.39, 0.29) is 43.0 Å². The fourth-order valence-electron chi connectivity index (χ4n) is 6.14. The number of hydrogen-bond donors (Lipinski definition) is 3. The van der Waals surface area contributed by atoms with Gasteiger partial charge in [0.25, 0.3) is 0 Å². The Kier molecular flexibility index (Phi) is 11.4. The van der Waals surface area contributed by atoms with E-state index in [1.807, 2.05) is 85.8 Å². The van der Waals surface area contributed by atoms with Crippen molar-refractivity contribution in [2.45, 2.75) is 70.5 Å². The molecule has 0 aromatic heterocycles. The van der Waals surface area contributed by atoms with Crippen LogP contribution in [0.25, 0.3) is 0 Å². The molecule has 0 spiro atoms. The molecule has 0 saturated carbocycles. The molecule has 3 aromatic carbocycles. The quantitative estimate of drug-likeness (QED) is 0.385. The van der Waals surface area contributed by atoms with Crippen LogP contribution in [-0.4, -0.2) is 60.3 Å². The van der Waals surface area contributed by atoms with Crippen molar-refractivity contribution in [3.63, 3.8) is 0 Å². The van der Waals surface area contributed by atoms with Gasteiger partial charge in [-0.25, -0.2) is 0 Å². The highest BCUT2D eigenvalue weighted by Crippen LogP contribution is 2.23. The van der Waals surface area contributed by atoms with Crippen molar-refractivity contribution in [3.8, 4) is 5.75 Å². The van der Waals surface area contributed by atoms with Crippen molar-refractivity contribution in [1.82, 2.24) is 20.9 Å². The molecule has 3 atom stereocenters. The van der Waals surface area contributed by atoms with E-state index in [4.69, 9.17) is 4.74 Å². The molecule has 5 rings (SSSR count). The van der Waals surface area contributed by atoms with Gasteiger partial charge in [0, 0.05) is 19.6 Å². The zero-order valence-corrected chi connectivity index (χ0v) is 26.5. The first-order chi connectivity index (χ1) is 22.3. The number of nitrogens with zero attached hydrogens (tertiary/aromatic N) is 1. The number of carbonyl (C=O) groups is 4. The number of hydrogen-bond acceptors (Lipinski definition) is 5. The maximum absolute atomic E-state index is 13.9. The number of amides is 4. The summed E-state index contributed by atoms with van der Waals surface area (Å²) >= 11 is 0. The number of rotatable bonds is 6. The molecule has 1 saturated heterocycles. The van der Waals surface area contributed by atoms with Crippen LogP contribution in [0, 0.1) is 12.8 Å². The van der Waals surface area contributed by atoms with Gasteiger partial charge in [-0.15, -0.1) is 0 Å². The molecule has 3 N–H and O–H groups in total. The lowest BCUT2D eigenvalue weighted by atomic mass is 9.94. The molecule has 4 amide bonds. The monoisotopic (exact) mass is 624 g/mol. The summed E-state index contributed by atoms with van der Waals surface area (Å²) in [5, 5.41) is 8.71. The topological polar surface area (TPSA) is 117 Å². The van der Waals surface area contributed by atoms with Crippen LogP contribution in [0.5, 0.6) is 5.75 Å². The summed E-state index contributed by atoms with van der Waals surface area (Å²) in [6.07, 6.45) is 3.44. The Balaban J connectivity index is 1.40. The van der Waals surface area contributed by atoms with E-state index in [0.717, 1.165) is 47.3 Å². The molecule has 1 fully saturated rings. The van der Waals surface area contributed by atoms with Crippen LogP contribution >= 0.6 is 0 Å². The van der Waals surface area contributed by atoms with E-state index < -0.39 is 18.0 Å². The van der Waals surface area contributed by atoms with Crippen molar-refractivity contribution in [1.29, 1.82) is 0 Å². The molecule has 46 heavy (non-hydrogen) atoms. The molecule has 2 aliphatic rings. The van der Waals surface area contributed by atoms with Gasteiger partial charge in [-0.3, -0.25) is 19.2 Å². The van der Waals surface area contributed by atoms with Crippen LogP contribution in [0.2, 0.25) is 0 Å². The van der Waals surface area contributed by atoms with Gasteiger partial charge >= 0.3 is 0 Å². The third-order valence-corrected chi connectivity index (χ3v) is 8.88. The van der Waals surface area contributed by atoms with E-state index in [2.05, 4.69) is 16.0 Å². The Hall–Kier alpha value is -4.66. The molecule has 9 heteroatoms. The second-order valence-electron chi connectivity index (χ2n) is 12.4. The molecule has 2 aliphatic heterocycles. The van der Waals surface area contributed by atoms with Gasteiger partial charge in [-0.05, 0) is 79.3 Å². The second-order valence-corrected chi connectivity index (χ2v) is 12.4. The normalized spacial score (nSPS) is 21.2. The van der Waals surface area contributed by atoms with Crippen LogP contribution in [0.15, 0.2) is 78.9 Å². The fourth-order valence-corrected chi connectivity index (χ4v) is 6.14. The third-order valence-electron chi connectivity index (χ3n) is 8.88. The van der Waals surface area contributed by atoms with E-state index in [9.17, 15) is 19.2 Å². The third kappa shape index (κ3) is 9.42. The highest BCUT2D eigenvalue weighted by molar-refractivity contribution is 5.95. The second kappa shape index (κ2) is 16.1. The van der Waals surface area contributed by atoms with Gasteiger partial charge < -0.3 is 25.6 Å². The van der Waals surface area contributed by atoms with Gasteiger partial charge in [0.15, 0.2) is 0 Å². The molecule has 0 aliphatic carbocycles. The summed E-state index contributed by atoms with van der Waals surface area (Å²) < 4.78 is 6.10. The number of nitrogens with one attached hydrogen (secondary N) is 3. The van der Waals surface area contributed by atoms with Gasteiger partial charge in [-0.1, -0.05) is 66.7 Å². The molecular weight excluding hydrogens is 580 g/mol. The first-order valence-corrected chi connectivity index (χ1v) is 16.3. The van der Waals surface area contributed by atoms with Crippen LogP contribution < -0.4 is 20.7 Å². The molecule has 1 unspecified atom stereocenters. The van der Waals surface area contributed by atoms with E-state index in [0.29, 0.717) is 32.5 Å². The summed E-state index contributed by atoms with van der Waals surface area (Å²) in [7, 11) is 0. The minimum Gasteiger partial charge on any atom is -0.494 e. The molecule has 0 radical (unpaired) electrons. The van der Waals surface area contributed by atoms with Crippen LogP contribution in [0.3, 0.4) is 0 Å². The molecule has 9 nitrogen and oxygen atoms in total. The van der Waals surface area contributed by atoms with Crippen molar-refractivity contribution >= 4 is 23.6 Å². The lowest BCUT2D eigenvalue weighted by Crippen LogP contribution is -2.55. The van der Waals surface area contributed by atoms with Crippen molar-refractivity contribution < 1.29 is 23.9 Å². The smallest absolute Gasteiger partial charge is 0.243 e. The number of benzene rings is 3. The Bertz CT molecular complexity index is 1500. The Morgan fingerprint density at radius 1 is 0.935 bits per heavy atom. The summed E-state index contributed by atoms with van der Waals surface area (Å²) in [5.41, 5.74) is 3.79. The summed E-state index contributed by atoms with van der Waals surface area (Å²) in [6.45, 7) is 3.96. The zero-order chi connectivity index (χ0) is 32.3. The van der Waals surface area contributed by atoms with Crippen molar-refractivity contribution in [3.05, 3.63) is 101 Å². The fraction of sp³-hybridized carbons (Fsp3) is 0.405. The zero-order valence-electron chi connectivity index (χ0n) is 26.5. The van der Waals surface area contributed by atoms with E-state index in [1.165, 1.54) is 0 Å². The Morgan fingerprint density at radius 2 is 1.67 bits per heavy atom. The standard InChI is InChI=1S/C37H44N4O5/c1-26-14-16-31-22-30(26)24-38-36(44)32(17-15-27-9-4-2-5-10-27)40-37(45)33(39-34(42)21-28-11-6-3-7-12-28)23-35(43)41-19-8-13-29(25-41)18-20-46-31/h2-7,9-12,14,16,22,29,32-33H,8,13,15,17-21,23-25H2,1H3,(H,38,44)(H,39,42)(H,40,45)/t29?,32-,33-/m0/s1. The van der Waals surface area contributed by atoms with Crippen LogP contribution in [-0.2, 0) is 38.6 Å². The summed E-state index contributed by atoms with van der Waals surface area (Å²) in [4.78, 5) is 56.1. The molecule has 242 valence electrons. The lowest BCUT2D eigenvalue weighted by Gasteiger charge is -2.34. The van der Waals surface area contributed by atoms with Crippen molar-refractivity contribution in [2.24, 2.45) is 5.92 Å². The number of carbonyl (C=O) groups excluding carboxylic acids is 4. The Morgan fingerprint density at radius 3 is 2.43 bits per heavy atom. The SMILES string of the molecule is Cc1ccc2cc1CNC(=O)[C@H](CCc1ccccc1)NC(=O)[C@@H](NC(=O)Cc1ccccc1)CC(=O)N1CCCC(CCO2)C1. The summed E-state index contributed by atoms with van der Waals surface area (Å²) in [5.74, 6) is -0.429. The van der Waals surface area contributed by atoms with E-state index in [1.54, 1.807) is 4.90 Å². The van der Waals surface area contributed by atoms with Gasteiger partial charge in [-0.2, -0.15) is 0 Å². The minimum atomic E-state index is -1.13. The Labute approximate surface area is 271 Å². The molecule has 3 aromatic rings. The van der Waals surface area contributed by atoms with Gasteiger partial charge in [0.05, 0.1) is 19.4 Å². The first-order valence-electron chi connectivity index (χ1n) is 16.3. The van der Waals surface area contributed by atoms with Crippen LogP contribution in [0.1, 0.15) is 54.4 Å². The number of ether oxygens (including phenoxy) is 1. The minimum absolute atomic E-state index is 0.0704. The summed E-state index contributed by atoms with van der Waals surface area (Å²) in [6, 6.07) is 22.9. The predicted octanol–water partition coefficient (Wildman–Crippen LogP) is 3.87. The van der Waals surface area contributed by atoms with Gasteiger partial charge in [0.1, 0.15) is 17.8 Å². The molecule has 4 bridgehead atoms. The molecule has 2 heterocycles. The highest BCUT2D eigenvalue weighted by Gasteiger charge is 2.32. The average Bonchev–Trinajstić information content (AvgIpc) is 3.06. The maximum Gasteiger partial charge on any atom is 0.243 e. The van der Waals surface area contributed by atoms with Crippen molar-refractivity contribution in [2.75, 3.05) is 19.7 Å². The lowest BCUT2D eigenvalue weighted by molar-refractivity contribution is -0.138. The van der Waals surface area contributed by atoms with Gasteiger partial charge in [0.2, 0.25) is 23.6 Å². The number of piperidine rings is 1. The first kappa shape index (κ1) is 32.7. The number of fused-ring (bicyclic) bond motifs is 4. The predicted molar refractivity (Wildman–Crippen MR) is 176 cm³/mol. The maximum atomic E-state index is 13.9. The molecular formula is C37H44N4O5. The largest absolute Gasteiger partial charge is 0.494 e. The van der Waals surface area contributed by atoms with Crippen LogP contribution in [0.4, 0.5) is 0 Å². The van der Waals surface area contributed by atoms with E-state index >= 15 is 0 Å². The average molecular weight is 625 g/mol.